The fourth-order valence-electron chi connectivity index (χ4n) is 3.67. The van der Waals surface area contributed by atoms with Gasteiger partial charge in [0.25, 0.3) is 0 Å². The summed E-state index contributed by atoms with van der Waals surface area (Å²) in [6, 6.07) is 4.26. The minimum Gasteiger partial charge on any atom is -0.379 e. The van der Waals surface area contributed by atoms with Crippen molar-refractivity contribution in [3.8, 4) is 0 Å². The number of nitrogens with zero attached hydrogens (tertiary/aromatic N) is 1. The number of fused-ring (bicyclic) bond motifs is 1. The van der Waals surface area contributed by atoms with E-state index >= 15 is 0 Å². The Bertz CT molecular complexity index is 760. The summed E-state index contributed by atoms with van der Waals surface area (Å²) in [5.41, 5.74) is 6.12. The number of hydrogen-bond donors (Lipinski definition) is 2. The molecule has 0 unspecified atom stereocenters. The molecule has 5 nitrogen and oxygen atoms in total. The van der Waals surface area contributed by atoms with Gasteiger partial charge in [0.05, 0.1) is 24.8 Å². The summed E-state index contributed by atoms with van der Waals surface area (Å²) >= 11 is 0. The van der Waals surface area contributed by atoms with Crippen LogP contribution in [0.15, 0.2) is 12.1 Å². The number of amides is 1. The van der Waals surface area contributed by atoms with Crippen molar-refractivity contribution in [3.05, 3.63) is 34.5 Å². The zero-order valence-corrected chi connectivity index (χ0v) is 15.7. The molecule has 1 aromatic heterocycles. The number of H-pyrrole nitrogens is 1. The Morgan fingerprint density at radius 1 is 1.32 bits per heavy atom. The van der Waals surface area contributed by atoms with Gasteiger partial charge in [0.2, 0.25) is 5.91 Å². The van der Waals surface area contributed by atoms with Crippen molar-refractivity contribution in [2.24, 2.45) is 0 Å². The molecule has 2 N–H and O–H groups in total. The summed E-state index contributed by atoms with van der Waals surface area (Å²) in [4.78, 5) is 18.3. The van der Waals surface area contributed by atoms with E-state index in [1.807, 2.05) is 6.92 Å². The Morgan fingerprint density at radius 3 is 2.72 bits per heavy atom. The predicted molar refractivity (Wildman–Crippen MR) is 101 cm³/mol. The van der Waals surface area contributed by atoms with Gasteiger partial charge in [-0.1, -0.05) is 18.6 Å². The monoisotopic (exact) mass is 343 g/mol. The summed E-state index contributed by atoms with van der Waals surface area (Å²) in [5, 5.41) is 4.39. The highest BCUT2D eigenvalue weighted by Gasteiger charge is 2.23. The maximum atomic E-state index is 12.6. The zero-order valence-electron chi connectivity index (χ0n) is 15.7. The molecule has 3 rings (SSSR count). The minimum atomic E-state index is -0.124. The zero-order chi connectivity index (χ0) is 18.0. The summed E-state index contributed by atoms with van der Waals surface area (Å²) in [6.45, 7) is 12.0. The molecule has 0 radical (unpaired) electrons. The Kier molecular flexibility index (Phi) is 5.45. The molecule has 1 aliphatic rings. The normalized spacial score (nSPS) is 17.0. The molecular formula is C20H29N3O2. The van der Waals surface area contributed by atoms with Gasteiger partial charge in [-0.15, -0.1) is 0 Å². The Morgan fingerprint density at radius 2 is 2.04 bits per heavy atom. The van der Waals surface area contributed by atoms with Gasteiger partial charge in [0.1, 0.15) is 0 Å². The molecule has 0 saturated carbocycles. The Balaban J connectivity index is 1.75. The van der Waals surface area contributed by atoms with Crippen LogP contribution in [-0.2, 0) is 22.5 Å². The molecule has 0 aliphatic carbocycles. The second kappa shape index (κ2) is 7.58. The van der Waals surface area contributed by atoms with Crippen LogP contribution < -0.4 is 5.32 Å². The molecule has 0 spiro atoms. The lowest BCUT2D eigenvalue weighted by atomic mass is 10.0. The number of ether oxygens (including phenoxy) is 1. The third-order valence-corrected chi connectivity index (χ3v) is 5.28. The van der Waals surface area contributed by atoms with Crippen molar-refractivity contribution in [3.63, 3.8) is 0 Å². The van der Waals surface area contributed by atoms with E-state index in [1.54, 1.807) is 0 Å². The highest BCUT2D eigenvalue weighted by molar-refractivity contribution is 5.88. The van der Waals surface area contributed by atoms with E-state index < -0.39 is 0 Å². The van der Waals surface area contributed by atoms with Gasteiger partial charge in [0.15, 0.2) is 0 Å². The molecule has 136 valence electrons. The fraction of sp³-hybridized carbons (Fsp3) is 0.550. The molecule has 5 heteroatoms. The van der Waals surface area contributed by atoms with Crippen LogP contribution in [0, 0.1) is 13.8 Å². The molecule has 2 heterocycles. The van der Waals surface area contributed by atoms with Crippen molar-refractivity contribution in [1.82, 2.24) is 15.2 Å². The van der Waals surface area contributed by atoms with Crippen LogP contribution in [0.4, 0.5) is 0 Å². The molecular weight excluding hydrogens is 314 g/mol. The quantitative estimate of drug-likeness (QED) is 0.878. The average molecular weight is 343 g/mol. The van der Waals surface area contributed by atoms with Gasteiger partial charge >= 0.3 is 0 Å². The number of aromatic amines is 1. The maximum absolute atomic E-state index is 12.6. The van der Waals surface area contributed by atoms with E-state index in [0.717, 1.165) is 30.6 Å². The lowest BCUT2D eigenvalue weighted by Crippen LogP contribution is -2.49. The highest BCUT2D eigenvalue weighted by Crippen LogP contribution is 2.26. The Hall–Kier alpha value is -1.85. The lowest BCUT2D eigenvalue weighted by Gasteiger charge is -2.31. The van der Waals surface area contributed by atoms with Crippen molar-refractivity contribution in [2.45, 2.75) is 46.7 Å². The molecule has 1 aromatic carbocycles. The van der Waals surface area contributed by atoms with E-state index in [-0.39, 0.29) is 11.9 Å². The van der Waals surface area contributed by atoms with Gasteiger partial charge in [-0.05, 0) is 44.4 Å². The first-order chi connectivity index (χ1) is 12.0. The molecule has 1 amide bonds. The van der Waals surface area contributed by atoms with Crippen LogP contribution in [0.25, 0.3) is 10.9 Å². The first-order valence-corrected chi connectivity index (χ1v) is 9.21. The number of nitrogens with one attached hydrogen (secondary N) is 2. The van der Waals surface area contributed by atoms with Crippen LogP contribution in [0.1, 0.15) is 36.2 Å². The topological polar surface area (TPSA) is 57.4 Å². The molecule has 1 fully saturated rings. The summed E-state index contributed by atoms with van der Waals surface area (Å²) in [5.74, 6) is 0.0792. The first kappa shape index (κ1) is 18.0. The molecule has 1 atom stereocenters. The van der Waals surface area contributed by atoms with Crippen LogP contribution in [0.5, 0.6) is 0 Å². The van der Waals surface area contributed by atoms with E-state index in [2.05, 4.69) is 48.1 Å². The van der Waals surface area contributed by atoms with Gasteiger partial charge < -0.3 is 15.0 Å². The van der Waals surface area contributed by atoms with Gasteiger partial charge in [-0.25, -0.2) is 0 Å². The van der Waals surface area contributed by atoms with Crippen molar-refractivity contribution < 1.29 is 9.53 Å². The number of benzene rings is 1. The highest BCUT2D eigenvalue weighted by atomic mass is 16.5. The van der Waals surface area contributed by atoms with Crippen molar-refractivity contribution in [2.75, 3.05) is 26.3 Å². The molecule has 1 aliphatic heterocycles. The summed E-state index contributed by atoms with van der Waals surface area (Å²) in [7, 11) is 0. The summed E-state index contributed by atoms with van der Waals surface area (Å²) < 4.78 is 5.37. The standard InChI is InChI=1S/C20H29N3O2/c1-5-18-14(3)17-11-13(2)10-16(19(17)22-18)12-21-20(24)15(4)23-6-8-25-9-7-23/h10-11,15,22H,5-9,12H2,1-4H3,(H,21,24)/t15-/m0/s1. The van der Waals surface area contributed by atoms with Crippen LogP contribution >= 0.6 is 0 Å². The summed E-state index contributed by atoms with van der Waals surface area (Å²) in [6.07, 6.45) is 0.986. The molecule has 2 aromatic rings. The van der Waals surface area contributed by atoms with Crippen LogP contribution in [0.2, 0.25) is 0 Å². The van der Waals surface area contributed by atoms with Crippen LogP contribution in [-0.4, -0.2) is 48.1 Å². The third kappa shape index (κ3) is 3.72. The number of rotatable bonds is 5. The van der Waals surface area contributed by atoms with E-state index in [4.69, 9.17) is 4.74 Å². The number of aromatic nitrogens is 1. The van der Waals surface area contributed by atoms with Gasteiger partial charge in [-0.3, -0.25) is 9.69 Å². The largest absolute Gasteiger partial charge is 0.379 e. The Labute approximate surface area is 149 Å². The second-order valence-electron chi connectivity index (χ2n) is 6.97. The number of hydrogen-bond acceptors (Lipinski definition) is 3. The van der Waals surface area contributed by atoms with Gasteiger partial charge in [-0.2, -0.15) is 0 Å². The number of aryl methyl sites for hydroxylation is 3. The number of morpholine rings is 1. The van der Waals surface area contributed by atoms with Crippen molar-refractivity contribution >= 4 is 16.8 Å². The van der Waals surface area contributed by atoms with Crippen molar-refractivity contribution in [1.29, 1.82) is 0 Å². The fourth-order valence-corrected chi connectivity index (χ4v) is 3.67. The number of carbonyl (C=O) groups is 1. The van der Waals surface area contributed by atoms with E-state index in [0.29, 0.717) is 19.8 Å². The van der Waals surface area contributed by atoms with E-state index in [1.165, 1.54) is 22.2 Å². The SMILES string of the molecule is CCc1[nH]c2c(CNC(=O)[C@H](C)N3CCOCC3)cc(C)cc2c1C. The predicted octanol–water partition coefficient (Wildman–Crippen LogP) is 2.68. The van der Waals surface area contributed by atoms with E-state index in [9.17, 15) is 4.79 Å². The minimum absolute atomic E-state index is 0.0792. The number of carbonyl (C=O) groups excluding carboxylic acids is 1. The van der Waals surface area contributed by atoms with Gasteiger partial charge in [0, 0.05) is 30.7 Å². The smallest absolute Gasteiger partial charge is 0.237 e. The maximum Gasteiger partial charge on any atom is 0.237 e. The molecule has 1 saturated heterocycles. The second-order valence-corrected chi connectivity index (χ2v) is 6.97. The third-order valence-electron chi connectivity index (χ3n) is 5.28. The first-order valence-electron chi connectivity index (χ1n) is 9.21. The molecule has 25 heavy (non-hydrogen) atoms. The molecule has 0 bridgehead atoms. The lowest BCUT2D eigenvalue weighted by molar-refractivity contribution is -0.127. The van der Waals surface area contributed by atoms with Crippen LogP contribution in [0.3, 0.4) is 0 Å². The average Bonchev–Trinajstić information content (AvgIpc) is 2.95.